The summed E-state index contributed by atoms with van der Waals surface area (Å²) >= 11 is 3.69. The molecule has 2 nitrogen and oxygen atoms in total. The number of benzene rings is 2. The Hall–Kier alpha value is -1.22. The summed E-state index contributed by atoms with van der Waals surface area (Å²) in [5.41, 5.74) is 1.13. The van der Waals surface area contributed by atoms with E-state index in [1.165, 1.54) is 19.3 Å². The minimum Gasteiger partial charge on any atom is -0.493 e. The molecule has 0 spiro atoms. The molecule has 0 aromatic heterocycles. The van der Waals surface area contributed by atoms with Crippen molar-refractivity contribution < 1.29 is 9.47 Å². The molecule has 1 unspecified atom stereocenters. The van der Waals surface area contributed by atoms with E-state index < -0.39 is 0 Å². The van der Waals surface area contributed by atoms with Crippen LogP contribution in [0.3, 0.4) is 0 Å². The largest absolute Gasteiger partial charge is 0.493 e. The summed E-state index contributed by atoms with van der Waals surface area (Å²) in [7, 11) is 0. The van der Waals surface area contributed by atoms with Crippen LogP contribution in [-0.4, -0.2) is 17.5 Å². The van der Waals surface area contributed by atoms with Gasteiger partial charge in [-0.25, -0.2) is 0 Å². The second kappa shape index (κ2) is 9.31. The number of halogens is 1. The number of hydrogen-bond donors (Lipinski definition) is 0. The van der Waals surface area contributed by atoms with Gasteiger partial charge in [0.05, 0.1) is 12.7 Å². The third kappa shape index (κ3) is 5.14. The average molecular weight is 393 g/mol. The Bertz CT molecular complexity index is 652. The quantitative estimate of drug-likeness (QED) is 0.350. The average Bonchev–Trinajstić information content (AvgIpc) is 2.57. The van der Waals surface area contributed by atoms with Gasteiger partial charge in [-0.15, -0.1) is 0 Å². The van der Waals surface area contributed by atoms with Gasteiger partial charge in [-0.1, -0.05) is 47.1 Å². The molecule has 0 aliphatic heterocycles. The Balaban J connectivity index is 2.11. The van der Waals surface area contributed by atoms with Crippen molar-refractivity contribution in [3.8, 4) is 11.5 Å². The van der Waals surface area contributed by atoms with Crippen molar-refractivity contribution in [2.24, 2.45) is 0 Å². The Morgan fingerprint density at radius 3 is 2.46 bits per heavy atom. The van der Waals surface area contributed by atoms with Crippen molar-refractivity contribution in [2.45, 2.75) is 64.3 Å². The maximum atomic E-state index is 6.10. The van der Waals surface area contributed by atoms with E-state index in [2.05, 4.69) is 74.0 Å². The molecule has 0 N–H and O–H groups in total. The minimum atomic E-state index is 0.162. The molecule has 0 aliphatic rings. The highest BCUT2D eigenvalue weighted by Gasteiger charge is 2.12. The first-order valence-electron chi connectivity index (χ1n) is 8.98. The van der Waals surface area contributed by atoms with Crippen LogP contribution in [0.1, 0.15) is 52.0 Å². The molecule has 2 aromatic rings. The fraction of sp³-hybridized carbons (Fsp3) is 0.524. The van der Waals surface area contributed by atoms with Crippen molar-refractivity contribution >= 4 is 26.7 Å². The monoisotopic (exact) mass is 392 g/mol. The number of ether oxygens (including phenoxy) is 2. The van der Waals surface area contributed by atoms with Gasteiger partial charge in [0.1, 0.15) is 11.5 Å². The van der Waals surface area contributed by atoms with Crippen LogP contribution in [0, 0.1) is 6.92 Å². The van der Waals surface area contributed by atoms with Crippen LogP contribution in [0.2, 0.25) is 0 Å². The lowest BCUT2D eigenvalue weighted by Gasteiger charge is -2.18. The normalized spacial score (nSPS) is 12.6. The van der Waals surface area contributed by atoms with Crippen molar-refractivity contribution in [2.75, 3.05) is 6.61 Å². The first kappa shape index (κ1) is 19.1. The molecule has 0 radical (unpaired) electrons. The van der Waals surface area contributed by atoms with Crippen LogP contribution >= 0.6 is 15.9 Å². The molecule has 0 bridgehead atoms. The molecule has 2 aromatic carbocycles. The fourth-order valence-corrected chi connectivity index (χ4v) is 3.14. The van der Waals surface area contributed by atoms with E-state index in [-0.39, 0.29) is 6.10 Å². The van der Waals surface area contributed by atoms with Gasteiger partial charge in [0.2, 0.25) is 0 Å². The molecule has 0 fully saturated rings. The molecule has 0 saturated heterocycles. The maximum absolute atomic E-state index is 6.10. The molecule has 24 heavy (non-hydrogen) atoms. The van der Waals surface area contributed by atoms with Gasteiger partial charge >= 0.3 is 0 Å². The SMILES string of the molecule is CCC(Br)CCCCOc1cc(C)c(OC(C)C)c2ccccc12. The molecule has 0 saturated carbocycles. The summed E-state index contributed by atoms with van der Waals surface area (Å²) in [6, 6.07) is 10.5. The van der Waals surface area contributed by atoms with E-state index in [4.69, 9.17) is 9.47 Å². The Morgan fingerprint density at radius 1 is 1.08 bits per heavy atom. The van der Waals surface area contributed by atoms with Crippen LogP contribution in [0.4, 0.5) is 0 Å². The van der Waals surface area contributed by atoms with E-state index in [9.17, 15) is 0 Å². The zero-order valence-corrected chi connectivity index (χ0v) is 16.9. The summed E-state index contributed by atoms with van der Waals surface area (Å²) in [6.45, 7) is 9.19. The Morgan fingerprint density at radius 2 is 1.79 bits per heavy atom. The topological polar surface area (TPSA) is 18.5 Å². The second-order valence-corrected chi connectivity index (χ2v) is 7.88. The van der Waals surface area contributed by atoms with Crippen LogP contribution in [0.15, 0.2) is 30.3 Å². The van der Waals surface area contributed by atoms with Gasteiger partial charge in [0.25, 0.3) is 0 Å². The molecule has 0 heterocycles. The number of alkyl halides is 1. The highest BCUT2D eigenvalue weighted by Crippen LogP contribution is 2.37. The first-order valence-corrected chi connectivity index (χ1v) is 9.90. The van der Waals surface area contributed by atoms with Crippen molar-refractivity contribution in [3.63, 3.8) is 0 Å². The lowest BCUT2D eigenvalue weighted by molar-refractivity contribution is 0.243. The molecule has 1 atom stereocenters. The van der Waals surface area contributed by atoms with Gasteiger partial charge in [-0.2, -0.15) is 0 Å². The van der Waals surface area contributed by atoms with Gasteiger partial charge in [-0.3, -0.25) is 0 Å². The lowest BCUT2D eigenvalue weighted by atomic mass is 10.0. The predicted octanol–water partition coefficient (Wildman–Crippen LogP) is 6.66. The third-order valence-electron chi connectivity index (χ3n) is 4.11. The van der Waals surface area contributed by atoms with Crippen LogP contribution in [0.25, 0.3) is 10.8 Å². The van der Waals surface area contributed by atoms with Crippen LogP contribution in [0.5, 0.6) is 11.5 Å². The minimum absolute atomic E-state index is 0.162. The number of hydrogen-bond acceptors (Lipinski definition) is 2. The summed E-state index contributed by atoms with van der Waals surface area (Å²) in [5.74, 6) is 1.93. The van der Waals surface area contributed by atoms with Crippen molar-refractivity contribution in [3.05, 3.63) is 35.9 Å². The summed E-state index contributed by atoms with van der Waals surface area (Å²) in [4.78, 5) is 0.632. The molecule has 2 rings (SSSR count). The summed E-state index contributed by atoms with van der Waals surface area (Å²) < 4.78 is 12.1. The number of unbranched alkanes of at least 4 members (excludes halogenated alkanes) is 1. The van der Waals surface area contributed by atoms with Crippen LogP contribution in [-0.2, 0) is 0 Å². The highest BCUT2D eigenvalue weighted by molar-refractivity contribution is 9.09. The number of fused-ring (bicyclic) bond motifs is 1. The van der Waals surface area contributed by atoms with Gasteiger partial charge in [-0.05, 0) is 58.1 Å². The lowest BCUT2D eigenvalue weighted by Crippen LogP contribution is -2.08. The Kier molecular flexibility index (Phi) is 7.41. The zero-order valence-electron chi connectivity index (χ0n) is 15.3. The molecular formula is C21H29BrO2. The van der Waals surface area contributed by atoms with E-state index in [0.29, 0.717) is 4.83 Å². The van der Waals surface area contributed by atoms with E-state index in [1.807, 2.05) is 0 Å². The zero-order chi connectivity index (χ0) is 17.5. The highest BCUT2D eigenvalue weighted by atomic mass is 79.9. The molecule has 3 heteroatoms. The summed E-state index contributed by atoms with van der Waals surface area (Å²) in [6.07, 6.45) is 4.83. The van der Waals surface area contributed by atoms with Gasteiger partial charge < -0.3 is 9.47 Å². The fourth-order valence-electron chi connectivity index (χ4n) is 2.81. The predicted molar refractivity (Wildman–Crippen MR) is 107 cm³/mol. The standard InChI is InChI=1S/C21H29BrO2/c1-5-17(22)10-8-9-13-23-20-14-16(4)21(24-15(2)3)19-12-7-6-11-18(19)20/h6-7,11-12,14-15,17H,5,8-10,13H2,1-4H3. The van der Waals surface area contributed by atoms with Gasteiger partial charge in [0, 0.05) is 15.6 Å². The van der Waals surface area contributed by atoms with E-state index in [1.54, 1.807) is 0 Å². The number of rotatable bonds is 9. The van der Waals surface area contributed by atoms with E-state index in [0.717, 1.165) is 40.9 Å². The summed E-state index contributed by atoms with van der Waals surface area (Å²) in [5, 5.41) is 2.26. The molecule has 0 amide bonds. The van der Waals surface area contributed by atoms with Crippen LogP contribution < -0.4 is 9.47 Å². The Labute approximate surface area is 154 Å². The van der Waals surface area contributed by atoms with Crippen molar-refractivity contribution in [1.82, 2.24) is 0 Å². The second-order valence-electron chi connectivity index (χ2n) is 6.58. The van der Waals surface area contributed by atoms with Crippen molar-refractivity contribution in [1.29, 1.82) is 0 Å². The van der Waals surface area contributed by atoms with Gasteiger partial charge in [0.15, 0.2) is 0 Å². The van der Waals surface area contributed by atoms with E-state index >= 15 is 0 Å². The maximum Gasteiger partial charge on any atom is 0.130 e. The number of aryl methyl sites for hydroxylation is 1. The smallest absolute Gasteiger partial charge is 0.130 e. The molecule has 0 aliphatic carbocycles. The molecule has 132 valence electrons. The molecular weight excluding hydrogens is 364 g/mol. The first-order chi connectivity index (χ1) is 11.5. The third-order valence-corrected chi connectivity index (χ3v) is 5.21.